The van der Waals surface area contributed by atoms with Crippen LogP contribution in [0.4, 0.5) is 0 Å². The van der Waals surface area contributed by atoms with Crippen LogP contribution in [-0.2, 0) is 4.79 Å². The van der Waals surface area contributed by atoms with Crippen LogP contribution in [0.15, 0.2) is 85.3 Å². The third-order valence-corrected chi connectivity index (χ3v) is 5.68. The number of nitrogens with one attached hydrogen (secondary N) is 1. The molecule has 1 aromatic heterocycles. The molecule has 5 nitrogen and oxygen atoms in total. The van der Waals surface area contributed by atoms with Gasteiger partial charge in [-0.3, -0.25) is 14.6 Å². The Hall–Kier alpha value is -3.21. The predicted molar refractivity (Wildman–Crippen MR) is 145 cm³/mol. The number of carbonyl (C=O) groups excluding carboxylic acids is 2. The number of rotatable bonds is 15. The number of unbranched alkanes of at least 4 members (excludes halogenated alkanes) is 1. The summed E-state index contributed by atoms with van der Waals surface area (Å²) >= 11 is 0. The van der Waals surface area contributed by atoms with Crippen molar-refractivity contribution < 1.29 is 9.59 Å². The SMILES string of the molecule is CCC=CCC=CCC=CCC=CCC=CCCCC(=O)N[C@@H]1CCN(C(=O)c2cccnc2)C1. The van der Waals surface area contributed by atoms with E-state index in [4.69, 9.17) is 0 Å². The van der Waals surface area contributed by atoms with Gasteiger partial charge < -0.3 is 10.2 Å². The number of hydrogen-bond acceptors (Lipinski definition) is 3. The van der Waals surface area contributed by atoms with Crippen LogP contribution in [0.1, 0.15) is 75.1 Å². The van der Waals surface area contributed by atoms with Crippen molar-refractivity contribution in [1.29, 1.82) is 0 Å². The Bertz CT molecular complexity index is 884. The first kappa shape index (κ1) is 28.0. The lowest BCUT2D eigenvalue weighted by Gasteiger charge is -2.17. The molecule has 1 aromatic rings. The zero-order valence-electron chi connectivity index (χ0n) is 21.1. The van der Waals surface area contributed by atoms with Gasteiger partial charge in [0.1, 0.15) is 0 Å². The molecule has 2 rings (SSSR count). The smallest absolute Gasteiger partial charge is 0.255 e. The molecule has 1 N–H and O–H groups in total. The molecule has 0 unspecified atom stereocenters. The summed E-state index contributed by atoms with van der Waals surface area (Å²) in [7, 11) is 0. The summed E-state index contributed by atoms with van der Waals surface area (Å²) in [4.78, 5) is 30.5. The number of hydrogen-bond donors (Lipinski definition) is 1. The highest BCUT2D eigenvalue weighted by atomic mass is 16.2. The van der Waals surface area contributed by atoms with Crippen molar-refractivity contribution in [1.82, 2.24) is 15.2 Å². The maximum absolute atomic E-state index is 12.5. The van der Waals surface area contributed by atoms with E-state index in [9.17, 15) is 9.59 Å². The zero-order chi connectivity index (χ0) is 25.0. The Morgan fingerprint density at radius 3 is 2.20 bits per heavy atom. The molecule has 0 aromatic carbocycles. The van der Waals surface area contributed by atoms with Gasteiger partial charge >= 0.3 is 0 Å². The van der Waals surface area contributed by atoms with Crippen LogP contribution in [0.25, 0.3) is 0 Å². The molecule has 5 heteroatoms. The molecule has 35 heavy (non-hydrogen) atoms. The minimum atomic E-state index is -0.0201. The predicted octanol–water partition coefficient (Wildman–Crippen LogP) is 6.33. The van der Waals surface area contributed by atoms with Crippen LogP contribution >= 0.6 is 0 Å². The molecule has 0 bridgehead atoms. The lowest BCUT2D eigenvalue weighted by molar-refractivity contribution is -0.121. The van der Waals surface area contributed by atoms with E-state index >= 15 is 0 Å². The number of aromatic nitrogens is 1. The molecule has 2 amide bonds. The fraction of sp³-hybridized carbons (Fsp3) is 0.433. The molecule has 2 heterocycles. The number of amides is 2. The van der Waals surface area contributed by atoms with Crippen LogP contribution in [0.5, 0.6) is 0 Å². The van der Waals surface area contributed by atoms with Crippen LogP contribution in [0, 0.1) is 0 Å². The summed E-state index contributed by atoms with van der Waals surface area (Å²) in [5.41, 5.74) is 0.594. The molecule has 0 saturated carbocycles. The summed E-state index contributed by atoms with van der Waals surface area (Å²) < 4.78 is 0. The lowest BCUT2D eigenvalue weighted by atomic mass is 10.2. The first-order valence-electron chi connectivity index (χ1n) is 12.9. The van der Waals surface area contributed by atoms with Crippen molar-refractivity contribution in [2.45, 2.75) is 70.8 Å². The average molecular weight is 476 g/mol. The fourth-order valence-corrected chi connectivity index (χ4v) is 3.78. The molecule has 0 aliphatic carbocycles. The number of likely N-dealkylation sites (tertiary alicyclic amines) is 1. The van der Waals surface area contributed by atoms with Gasteiger partial charge in [-0.15, -0.1) is 0 Å². The van der Waals surface area contributed by atoms with Gasteiger partial charge in [0.25, 0.3) is 5.91 Å². The van der Waals surface area contributed by atoms with Crippen LogP contribution in [0.3, 0.4) is 0 Å². The molecule has 0 radical (unpaired) electrons. The van der Waals surface area contributed by atoms with E-state index in [0.717, 1.165) is 51.4 Å². The van der Waals surface area contributed by atoms with E-state index in [1.165, 1.54) is 0 Å². The van der Waals surface area contributed by atoms with Gasteiger partial charge in [0.05, 0.1) is 5.56 Å². The van der Waals surface area contributed by atoms with Gasteiger partial charge in [-0.2, -0.15) is 0 Å². The molecular weight excluding hydrogens is 434 g/mol. The fourth-order valence-electron chi connectivity index (χ4n) is 3.78. The van der Waals surface area contributed by atoms with Gasteiger partial charge in [-0.1, -0.05) is 67.7 Å². The van der Waals surface area contributed by atoms with E-state index in [-0.39, 0.29) is 17.9 Å². The Morgan fingerprint density at radius 2 is 1.60 bits per heavy atom. The summed E-state index contributed by atoms with van der Waals surface area (Å²) in [6, 6.07) is 3.58. The summed E-state index contributed by atoms with van der Waals surface area (Å²) in [5.74, 6) is 0.0475. The van der Waals surface area contributed by atoms with Crippen molar-refractivity contribution in [2.75, 3.05) is 13.1 Å². The molecule has 188 valence electrons. The highest BCUT2D eigenvalue weighted by molar-refractivity contribution is 5.94. The van der Waals surface area contributed by atoms with Crippen LogP contribution in [0.2, 0.25) is 0 Å². The van der Waals surface area contributed by atoms with Crippen molar-refractivity contribution >= 4 is 11.8 Å². The Kier molecular flexibility index (Phi) is 14.5. The van der Waals surface area contributed by atoms with E-state index in [1.807, 2.05) is 0 Å². The Balaban J connectivity index is 1.47. The van der Waals surface area contributed by atoms with Crippen molar-refractivity contribution in [2.24, 2.45) is 0 Å². The Labute approximate surface area is 211 Å². The van der Waals surface area contributed by atoms with Gasteiger partial charge in [0.15, 0.2) is 0 Å². The highest BCUT2D eigenvalue weighted by Gasteiger charge is 2.27. The molecule has 1 atom stereocenters. The largest absolute Gasteiger partial charge is 0.352 e. The normalized spacial score (nSPS) is 16.6. The van der Waals surface area contributed by atoms with E-state index in [1.54, 1.807) is 29.4 Å². The van der Waals surface area contributed by atoms with Crippen LogP contribution in [-0.4, -0.2) is 40.8 Å². The molecule has 1 saturated heterocycles. The van der Waals surface area contributed by atoms with Gasteiger partial charge in [0.2, 0.25) is 5.91 Å². The summed E-state index contributed by atoms with van der Waals surface area (Å²) in [6.45, 7) is 3.38. The van der Waals surface area contributed by atoms with Crippen molar-refractivity contribution in [3.05, 3.63) is 90.9 Å². The van der Waals surface area contributed by atoms with E-state index < -0.39 is 0 Å². The van der Waals surface area contributed by atoms with Crippen molar-refractivity contribution in [3.8, 4) is 0 Å². The highest BCUT2D eigenvalue weighted by Crippen LogP contribution is 2.13. The minimum absolute atomic E-state index is 0.0201. The number of carbonyl (C=O) groups is 2. The second-order valence-corrected chi connectivity index (χ2v) is 8.65. The number of allylic oxidation sites excluding steroid dienone is 10. The average Bonchev–Trinajstić information content (AvgIpc) is 3.34. The van der Waals surface area contributed by atoms with E-state index in [2.05, 4.69) is 78.0 Å². The maximum atomic E-state index is 12.5. The van der Waals surface area contributed by atoms with Gasteiger partial charge in [-0.25, -0.2) is 0 Å². The molecular formula is C30H41N3O2. The monoisotopic (exact) mass is 475 g/mol. The number of pyridine rings is 1. The van der Waals surface area contributed by atoms with Crippen LogP contribution < -0.4 is 5.32 Å². The number of nitrogens with zero attached hydrogens (tertiary/aromatic N) is 2. The molecule has 1 aliphatic heterocycles. The maximum Gasteiger partial charge on any atom is 0.255 e. The first-order valence-corrected chi connectivity index (χ1v) is 12.9. The minimum Gasteiger partial charge on any atom is -0.352 e. The standard InChI is InChI=1S/C30H41N3O2/c1-2-3-4-5-6-7-8-9-10-11-12-13-14-15-16-17-18-21-29(34)32-28-22-24-33(26-28)30(35)27-20-19-23-31-25-27/h3-4,6-7,9-10,12-13,15-16,19-20,23,25,28H,2,5,8,11,14,17-18,21-22,24,26H2,1H3,(H,32,34)/t28-/m1/s1. The second-order valence-electron chi connectivity index (χ2n) is 8.65. The molecule has 0 spiro atoms. The molecule has 1 aliphatic rings. The van der Waals surface area contributed by atoms with E-state index in [0.29, 0.717) is 25.1 Å². The Morgan fingerprint density at radius 1 is 0.971 bits per heavy atom. The zero-order valence-corrected chi connectivity index (χ0v) is 21.1. The summed E-state index contributed by atoms with van der Waals surface area (Å²) in [5, 5.41) is 3.07. The van der Waals surface area contributed by atoms with Gasteiger partial charge in [-0.05, 0) is 63.5 Å². The summed E-state index contributed by atoms with van der Waals surface area (Å²) in [6.07, 6.45) is 33.2. The molecule has 1 fully saturated rings. The van der Waals surface area contributed by atoms with Crippen molar-refractivity contribution in [3.63, 3.8) is 0 Å². The quantitative estimate of drug-likeness (QED) is 0.238. The first-order chi connectivity index (χ1) is 17.2. The third-order valence-electron chi connectivity index (χ3n) is 5.68. The van der Waals surface area contributed by atoms with Gasteiger partial charge in [0, 0.05) is 37.9 Å². The topological polar surface area (TPSA) is 62.3 Å². The second kappa shape index (κ2) is 18.2. The lowest BCUT2D eigenvalue weighted by Crippen LogP contribution is -2.38. The third kappa shape index (κ3) is 12.7.